The largest absolute Gasteiger partial charge is 0.497 e. The van der Waals surface area contributed by atoms with Gasteiger partial charge in [0.1, 0.15) is 17.3 Å². The van der Waals surface area contributed by atoms with E-state index in [4.69, 9.17) is 9.47 Å². The second-order valence-corrected chi connectivity index (χ2v) is 6.84. The van der Waals surface area contributed by atoms with E-state index in [2.05, 4.69) is 15.2 Å². The first-order valence-electron chi connectivity index (χ1n) is 9.13. The Kier molecular flexibility index (Phi) is 4.81. The molecular weight excluding hydrogens is 361 g/mol. The second-order valence-electron chi connectivity index (χ2n) is 6.84. The molecule has 0 aliphatic carbocycles. The fourth-order valence-corrected chi connectivity index (χ4v) is 3.67. The Balaban J connectivity index is 1.48. The summed E-state index contributed by atoms with van der Waals surface area (Å²) in [6.07, 6.45) is 2.36. The predicted octanol–water partition coefficient (Wildman–Crippen LogP) is 3.33. The topological polar surface area (TPSA) is 66.6 Å². The molecule has 2 N–H and O–H groups in total. The van der Waals surface area contributed by atoms with Gasteiger partial charge in [-0.1, -0.05) is 6.07 Å². The number of H-pyrrole nitrogens is 1. The molecule has 0 saturated carbocycles. The van der Waals surface area contributed by atoms with E-state index in [9.17, 15) is 9.18 Å². The summed E-state index contributed by atoms with van der Waals surface area (Å²) in [7, 11) is 3.23. The molecule has 0 spiro atoms. The van der Waals surface area contributed by atoms with Crippen molar-refractivity contribution in [1.82, 2.24) is 10.3 Å². The van der Waals surface area contributed by atoms with Crippen molar-refractivity contribution in [2.24, 2.45) is 0 Å². The van der Waals surface area contributed by atoms with Gasteiger partial charge in [-0.15, -0.1) is 0 Å². The van der Waals surface area contributed by atoms with E-state index in [-0.39, 0.29) is 11.9 Å². The van der Waals surface area contributed by atoms with Gasteiger partial charge in [-0.2, -0.15) is 0 Å². The number of anilines is 1. The van der Waals surface area contributed by atoms with Gasteiger partial charge in [0.2, 0.25) is 0 Å². The quantitative estimate of drug-likeness (QED) is 0.709. The summed E-state index contributed by atoms with van der Waals surface area (Å²) in [4.78, 5) is 17.8. The molecule has 2 aromatic carbocycles. The van der Waals surface area contributed by atoms with Crippen molar-refractivity contribution in [3.05, 3.63) is 54.0 Å². The minimum Gasteiger partial charge on any atom is -0.497 e. The molecule has 1 aliphatic heterocycles. The first-order valence-corrected chi connectivity index (χ1v) is 9.13. The van der Waals surface area contributed by atoms with E-state index in [1.54, 1.807) is 32.5 Å². The van der Waals surface area contributed by atoms with E-state index in [1.165, 1.54) is 6.07 Å². The number of ether oxygens (including phenoxy) is 2. The molecule has 1 unspecified atom stereocenters. The molecule has 0 radical (unpaired) electrons. The molecule has 1 aliphatic rings. The first kappa shape index (κ1) is 18.2. The number of carbonyl (C=O) groups excluding carboxylic acids is 1. The fraction of sp³-hybridized carbons (Fsp3) is 0.286. The lowest BCUT2D eigenvalue weighted by Gasteiger charge is -2.20. The van der Waals surface area contributed by atoms with Crippen LogP contribution >= 0.6 is 0 Å². The lowest BCUT2D eigenvalue weighted by Crippen LogP contribution is -2.37. The van der Waals surface area contributed by atoms with Crippen LogP contribution in [-0.2, 0) is 0 Å². The number of nitrogens with one attached hydrogen (secondary N) is 2. The van der Waals surface area contributed by atoms with Crippen molar-refractivity contribution in [3.8, 4) is 11.5 Å². The van der Waals surface area contributed by atoms with Gasteiger partial charge in [0, 0.05) is 60.1 Å². The zero-order chi connectivity index (χ0) is 19.7. The molecule has 1 saturated heterocycles. The standard InChI is InChI=1S/C21H22FN3O3/c1-27-15-8-14(9-16(10-15)28-2)25-7-6-13(12-25)24-21(26)17-11-23-19-5-3-4-18(22)20(17)19/h3-5,8-11,13,23H,6-7,12H2,1-2H3,(H,24,26). The first-order chi connectivity index (χ1) is 13.6. The summed E-state index contributed by atoms with van der Waals surface area (Å²) in [6.45, 7) is 1.45. The smallest absolute Gasteiger partial charge is 0.253 e. The van der Waals surface area contributed by atoms with E-state index >= 15 is 0 Å². The van der Waals surface area contributed by atoms with E-state index in [0.717, 1.165) is 30.2 Å². The molecule has 0 bridgehead atoms. The Morgan fingerprint density at radius 2 is 1.96 bits per heavy atom. The number of halogens is 1. The van der Waals surface area contributed by atoms with E-state index < -0.39 is 5.82 Å². The number of nitrogens with zero attached hydrogens (tertiary/aromatic N) is 1. The van der Waals surface area contributed by atoms with Gasteiger partial charge in [-0.25, -0.2) is 4.39 Å². The number of fused-ring (bicyclic) bond motifs is 1. The van der Waals surface area contributed by atoms with Gasteiger partial charge < -0.3 is 24.7 Å². The van der Waals surface area contributed by atoms with Crippen LogP contribution in [0.5, 0.6) is 11.5 Å². The van der Waals surface area contributed by atoms with Crippen LogP contribution in [-0.4, -0.2) is 44.2 Å². The lowest BCUT2D eigenvalue weighted by molar-refractivity contribution is 0.0942. The molecule has 2 heterocycles. The lowest BCUT2D eigenvalue weighted by atomic mass is 10.1. The van der Waals surface area contributed by atoms with Crippen LogP contribution in [0, 0.1) is 5.82 Å². The van der Waals surface area contributed by atoms with Gasteiger partial charge >= 0.3 is 0 Å². The number of aromatic nitrogens is 1. The molecule has 28 heavy (non-hydrogen) atoms. The molecule has 1 atom stereocenters. The Morgan fingerprint density at radius 3 is 2.68 bits per heavy atom. The number of amides is 1. The zero-order valence-electron chi connectivity index (χ0n) is 15.8. The van der Waals surface area contributed by atoms with Gasteiger partial charge in [0.25, 0.3) is 5.91 Å². The average Bonchev–Trinajstić information content (AvgIpc) is 3.35. The molecule has 1 fully saturated rings. The highest BCUT2D eigenvalue weighted by atomic mass is 19.1. The summed E-state index contributed by atoms with van der Waals surface area (Å²) in [5, 5.41) is 3.35. The third-order valence-corrected chi connectivity index (χ3v) is 5.12. The predicted molar refractivity (Wildman–Crippen MR) is 106 cm³/mol. The van der Waals surface area contributed by atoms with E-state index in [0.29, 0.717) is 23.0 Å². The fourth-order valence-electron chi connectivity index (χ4n) is 3.67. The Bertz CT molecular complexity index is 995. The highest BCUT2D eigenvalue weighted by molar-refractivity contribution is 6.07. The van der Waals surface area contributed by atoms with Crippen LogP contribution in [0.25, 0.3) is 10.9 Å². The number of methoxy groups -OCH3 is 2. The van der Waals surface area contributed by atoms with Crippen molar-refractivity contribution in [2.45, 2.75) is 12.5 Å². The Morgan fingerprint density at radius 1 is 1.21 bits per heavy atom. The third-order valence-electron chi connectivity index (χ3n) is 5.12. The van der Waals surface area contributed by atoms with Crippen molar-refractivity contribution in [2.75, 3.05) is 32.2 Å². The zero-order valence-corrected chi connectivity index (χ0v) is 15.8. The number of aromatic amines is 1. The van der Waals surface area contributed by atoms with Crippen LogP contribution < -0.4 is 19.7 Å². The molecule has 4 rings (SSSR count). The number of benzene rings is 2. The van der Waals surface area contributed by atoms with Crippen LogP contribution in [0.1, 0.15) is 16.8 Å². The van der Waals surface area contributed by atoms with Crippen molar-refractivity contribution >= 4 is 22.5 Å². The minimum absolute atomic E-state index is 0.0265. The summed E-state index contributed by atoms with van der Waals surface area (Å²) in [5.41, 5.74) is 1.92. The highest BCUT2D eigenvalue weighted by Crippen LogP contribution is 2.30. The maximum absolute atomic E-state index is 14.1. The van der Waals surface area contributed by atoms with Gasteiger partial charge in [0.15, 0.2) is 0 Å². The molecule has 6 nitrogen and oxygen atoms in total. The van der Waals surface area contributed by atoms with Crippen LogP contribution in [0.4, 0.5) is 10.1 Å². The molecule has 7 heteroatoms. The molecule has 1 amide bonds. The Labute approximate surface area is 162 Å². The van der Waals surface area contributed by atoms with Gasteiger partial charge in [-0.05, 0) is 18.6 Å². The maximum Gasteiger partial charge on any atom is 0.253 e. The third kappa shape index (κ3) is 3.35. The van der Waals surface area contributed by atoms with Crippen molar-refractivity contribution < 1.29 is 18.7 Å². The maximum atomic E-state index is 14.1. The molecule has 146 valence electrons. The molecule has 1 aromatic heterocycles. The summed E-state index contributed by atoms with van der Waals surface area (Å²) in [5.74, 6) is 0.763. The Hall–Kier alpha value is -3.22. The average molecular weight is 383 g/mol. The summed E-state index contributed by atoms with van der Waals surface area (Å²) < 4.78 is 24.8. The number of hydrogen-bond donors (Lipinski definition) is 2. The highest BCUT2D eigenvalue weighted by Gasteiger charge is 2.26. The second kappa shape index (κ2) is 7.42. The SMILES string of the molecule is COc1cc(OC)cc(N2CCC(NC(=O)c3c[nH]c4cccc(F)c34)C2)c1. The van der Waals surface area contributed by atoms with E-state index in [1.807, 2.05) is 18.2 Å². The molecular formula is C21H22FN3O3. The molecule has 3 aromatic rings. The van der Waals surface area contributed by atoms with Gasteiger partial charge in [0.05, 0.1) is 19.8 Å². The monoisotopic (exact) mass is 383 g/mol. The number of carbonyl (C=O) groups is 1. The summed E-state index contributed by atoms with van der Waals surface area (Å²) in [6, 6.07) is 10.4. The van der Waals surface area contributed by atoms with Crippen LogP contribution in [0.3, 0.4) is 0 Å². The van der Waals surface area contributed by atoms with Crippen molar-refractivity contribution in [1.29, 1.82) is 0 Å². The normalized spacial score (nSPS) is 16.4. The minimum atomic E-state index is -0.402. The summed E-state index contributed by atoms with van der Waals surface area (Å²) >= 11 is 0. The number of hydrogen-bond acceptors (Lipinski definition) is 4. The van der Waals surface area contributed by atoms with Gasteiger partial charge in [-0.3, -0.25) is 4.79 Å². The number of rotatable bonds is 5. The van der Waals surface area contributed by atoms with Crippen LogP contribution in [0.2, 0.25) is 0 Å². The van der Waals surface area contributed by atoms with Crippen LogP contribution in [0.15, 0.2) is 42.6 Å². The van der Waals surface area contributed by atoms with Crippen molar-refractivity contribution in [3.63, 3.8) is 0 Å².